The summed E-state index contributed by atoms with van der Waals surface area (Å²) in [6, 6.07) is 0. The number of hydrogen-bond donors (Lipinski definition) is 6. The summed E-state index contributed by atoms with van der Waals surface area (Å²) in [5.41, 5.74) is 4.69. The molecule has 10 nitrogen and oxygen atoms in total. The first-order valence-corrected chi connectivity index (χ1v) is 7.21. The Bertz CT molecular complexity index is 424. The molecule has 0 aromatic carbocycles. The molecule has 0 bridgehead atoms. The summed E-state index contributed by atoms with van der Waals surface area (Å²) in [5.74, 6) is -0.667. The maximum Gasteiger partial charge on any atom is 0.408 e. The average molecular weight is 335 g/mol. The van der Waals surface area contributed by atoms with Crippen LogP contribution in [-0.4, -0.2) is 76.7 Å². The van der Waals surface area contributed by atoms with Crippen LogP contribution in [0.25, 0.3) is 0 Å². The van der Waals surface area contributed by atoms with Gasteiger partial charge in [0.2, 0.25) is 5.91 Å². The van der Waals surface area contributed by atoms with E-state index in [1.165, 1.54) is 0 Å². The van der Waals surface area contributed by atoms with Gasteiger partial charge in [0.15, 0.2) is 6.23 Å². The first-order valence-electron chi connectivity index (χ1n) is 7.21. The van der Waals surface area contributed by atoms with E-state index < -0.39 is 54.8 Å². The Morgan fingerprint density at radius 3 is 2.30 bits per heavy atom. The van der Waals surface area contributed by atoms with E-state index in [1.54, 1.807) is 20.8 Å². The van der Waals surface area contributed by atoms with E-state index in [2.05, 4.69) is 10.6 Å². The van der Waals surface area contributed by atoms with E-state index in [9.17, 15) is 24.9 Å². The van der Waals surface area contributed by atoms with Crippen LogP contribution in [0.4, 0.5) is 4.79 Å². The number of rotatable bonds is 4. The predicted octanol–water partition coefficient (Wildman–Crippen LogP) is -2.61. The summed E-state index contributed by atoms with van der Waals surface area (Å²) in [4.78, 5) is 23.2. The van der Waals surface area contributed by atoms with Crippen LogP contribution in [0.15, 0.2) is 0 Å². The Morgan fingerprint density at radius 1 is 1.17 bits per heavy atom. The van der Waals surface area contributed by atoms with Gasteiger partial charge in [-0.2, -0.15) is 0 Å². The summed E-state index contributed by atoms with van der Waals surface area (Å²) < 4.78 is 10.2. The normalized spacial score (nSPS) is 31.3. The highest BCUT2D eigenvalue weighted by Crippen LogP contribution is 2.19. The van der Waals surface area contributed by atoms with Gasteiger partial charge in [-0.15, -0.1) is 0 Å². The fourth-order valence-electron chi connectivity index (χ4n) is 1.94. The Hall–Kier alpha value is -1.46. The van der Waals surface area contributed by atoms with E-state index in [1.807, 2.05) is 0 Å². The van der Waals surface area contributed by atoms with Crippen LogP contribution < -0.4 is 16.4 Å². The minimum Gasteiger partial charge on any atom is -0.444 e. The monoisotopic (exact) mass is 335 g/mol. The lowest BCUT2D eigenvalue weighted by atomic mass is 9.98. The first-order chi connectivity index (χ1) is 10.5. The van der Waals surface area contributed by atoms with Crippen molar-refractivity contribution >= 4 is 12.0 Å². The number of alkyl carbamates (subject to hydrolysis) is 1. The van der Waals surface area contributed by atoms with Crippen molar-refractivity contribution in [1.29, 1.82) is 0 Å². The van der Waals surface area contributed by atoms with Crippen molar-refractivity contribution in [2.75, 3.05) is 13.1 Å². The van der Waals surface area contributed by atoms with Crippen molar-refractivity contribution in [2.45, 2.75) is 57.0 Å². The number of amides is 2. The Labute approximate surface area is 133 Å². The Balaban J connectivity index is 2.48. The zero-order valence-electron chi connectivity index (χ0n) is 13.4. The lowest BCUT2D eigenvalue weighted by Crippen LogP contribution is -2.64. The average Bonchev–Trinajstić information content (AvgIpc) is 2.44. The molecule has 1 rings (SSSR count). The van der Waals surface area contributed by atoms with Gasteiger partial charge in [-0.1, -0.05) is 0 Å². The highest BCUT2D eigenvalue weighted by Gasteiger charge is 2.43. The zero-order valence-corrected chi connectivity index (χ0v) is 13.4. The van der Waals surface area contributed by atoms with Crippen molar-refractivity contribution < 1.29 is 34.4 Å². The molecule has 1 aliphatic heterocycles. The van der Waals surface area contributed by atoms with Gasteiger partial charge in [-0.25, -0.2) is 4.79 Å². The predicted molar refractivity (Wildman–Crippen MR) is 78.1 cm³/mol. The van der Waals surface area contributed by atoms with E-state index >= 15 is 0 Å². The lowest BCUT2D eigenvalue weighted by molar-refractivity contribution is -0.226. The van der Waals surface area contributed by atoms with E-state index in [-0.39, 0.29) is 6.54 Å². The van der Waals surface area contributed by atoms with Crippen LogP contribution >= 0.6 is 0 Å². The van der Waals surface area contributed by atoms with Crippen molar-refractivity contribution in [1.82, 2.24) is 10.6 Å². The molecule has 0 aromatic rings. The molecule has 5 atom stereocenters. The number of ether oxygens (including phenoxy) is 2. The minimum absolute atomic E-state index is 0.104. The molecule has 0 aliphatic carbocycles. The lowest BCUT2D eigenvalue weighted by Gasteiger charge is -2.40. The third-order valence-corrected chi connectivity index (χ3v) is 3.04. The molecule has 1 saturated heterocycles. The second-order valence-electron chi connectivity index (χ2n) is 6.23. The van der Waals surface area contributed by atoms with Crippen LogP contribution in [0.3, 0.4) is 0 Å². The van der Waals surface area contributed by atoms with Gasteiger partial charge in [0.1, 0.15) is 36.6 Å². The van der Waals surface area contributed by atoms with Gasteiger partial charge in [0.05, 0.1) is 0 Å². The quantitative estimate of drug-likeness (QED) is 0.325. The maximum absolute atomic E-state index is 11.8. The summed E-state index contributed by atoms with van der Waals surface area (Å²) in [6.45, 7) is 4.52. The van der Waals surface area contributed by atoms with Crippen molar-refractivity contribution in [3.63, 3.8) is 0 Å². The third-order valence-electron chi connectivity index (χ3n) is 3.04. The molecule has 0 unspecified atom stereocenters. The van der Waals surface area contributed by atoms with E-state index in [0.717, 1.165) is 0 Å². The molecular formula is C13H25N3O7. The molecule has 10 heteroatoms. The molecule has 0 spiro atoms. The van der Waals surface area contributed by atoms with Crippen LogP contribution in [-0.2, 0) is 14.3 Å². The molecule has 1 fully saturated rings. The number of nitrogens with two attached hydrogens (primary N) is 1. The van der Waals surface area contributed by atoms with Crippen LogP contribution in [0.5, 0.6) is 0 Å². The molecule has 23 heavy (non-hydrogen) atoms. The molecule has 1 aliphatic rings. The number of nitrogens with one attached hydrogen (secondary N) is 2. The molecule has 0 saturated carbocycles. The molecule has 7 N–H and O–H groups in total. The molecular weight excluding hydrogens is 310 g/mol. The Kier molecular flexibility index (Phi) is 6.71. The maximum atomic E-state index is 11.8. The molecule has 1 heterocycles. The summed E-state index contributed by atoms with van der Waals surface area (Å²) in [7, 11) is 0. The fourth-order valence-corrected chi connectivity index (χ4v) is 1.94. The molecule has 0 aromatic heterocycles. The van der Waals surface area contributed by atoms with Gasteiger partial charge in [0.25, 0.3) is 0 Å². The van der Waals surface area contributed by atoms with Crippen LogP contribution in [0.2, 0.25) is 0 Å². The highest BCUT2D eigenvalue weighted by atomic mass is 16.6. The second-order valence-corrected chi connectivity index (χ2v) is 6.23. The summed E-state index contributed by atoms with van der Waals surface area (Å²) in [6.07, 6.45) is -7.36. The standard InChI is InChI=1S/C13H25N3O7/c1-13(2,3)23-12(21)15-5-7(17)16-11-10(20)9(19)8(18)6(4-14)22-11/h6,8-11,18-20H,4-5,14H2,1-3H3,(H,15,21)(H,16,17)/t6-,8-,9+,10-,11-/m1/s1. The van der Waals surface area contributed by atoms with Gasteiger partial charge < -0.3 is 41.2 Å². The Morgan fingerprint density at radius 2 is 1.78 bits per heavy atom. The molecule has 0 radical (unpaired) electrons. The number of hydrogen-bond acceptors (Lipinski definition) is 8. The van der Waals surface area contributed by atoms with E-state index in [4.69, 9.17) is 15.2 Å². The summed E-state index contributed by atoms with van der Waals surface area (Å²) in [5, 5.41) is 33.7. The number of aliphatic hydroxyl groups is 3. The van der Waals surface area contributed by atoms with E-state index in [0.29, 0.717) is 0 Å². The van der Waals surface area contributed by atoms with Crippen LogP contribution in [0, 0.1) is 0 Å². The van der Waals surface area contributed by atoms with Crippen LogP contribution in [0.1, 0.15) is 20.8 Å². The van der Waals surface area contributed by atoms with Gasteiger partial charge in [0, 0.05) is 6.54 Å². The van der Waals surface area contributed by atoms with Crippen molar-refractivity contribution in [2.24, 2.45) is 5.73 Å². The van der Waals surface area contributed by atoms with Gasteiger partial charge in [-0.3, -0.25) is 4.79 Å². The SMILES string of the molecule is CC(C)(C)OC(=O)NCC(=O)N[C@@H]1O[C@H](CN)[C@@H](O)[C@H](O)[C@H]1O. The van der Waals surface area contributed by atoms with Gasteiger partial charge >= 0.3 is 6.09 Å². The third kappa shape index (κ3) is 5.92. The van der Waals surface area contributed by atoms with Crippen molar-refractivity contribution in [3.05, 3.63) is 0 Å². The number of aliphatic hydroxyl groups excluding tert-OH is 3. The second kappa shape index (κ2) is 7.88. The topological polar surface area (TPSA) is 163 Å². The smallest absolute Gasteiger partial charge is 0.408 e. The largest absolute Gasteiger partial charge is 0.444 e. The molecule has 134 valence electrons. The minimum atomic E-state index is -1.53. The highest BCUT2D eigenvalue weighted by molar-refractivity contribution is 5.82. The molecule has 2 amide bonds. The summed E-state index contributed by atoms with van der Waals surface area (Å²) >= 11 is 0. The number of carbonyl (C=O) groups is 2. The first kappa shape index (κ1) is 19.6. The van der Waals surface area contributed by atoms with Gasteiger partial charge in [-0.05, 0) is 20.8 Å². The van der Waals surface area contributed by atoms with Crippen molar-refractivity contribution in [3.8, 4) is 0 Å². The zero-order chi connectivity index (χ0) is 17.8. The fraction of sp³-hybridized carbons (Fsp3) is 0.846. The number of carbonyl (C=O) groups excluding carboxylic acids is 2.